The van der Waals surface area contributed by atoms with Gasteiger partial charge in [0.05, 0.1) is 12.8 Å². The summed E-state index contributed by atoms with van der Waals surface area (Å²) in [5.41, 5.74) is 6.91. The molecule has 27 heavy (non-hydrogen) atoms. The van der Waals surface area contributed by atoms with Crippen LogP contribution >= 0.6 is 0 Å². The van der Waals surface area contributed by atoms with E-state index in [1.54, 1.807) is 7.11 Å². The van der Waals surface area contributed by atoms with E-state index in [1.807, 2.05) is 62.4 Å². The molecule has 2 N–H and O–H groups in total. The molecule has 0 atom stereocenters. The zero-order valence-corrected chi connectivity index (χ0v) is 15.7. The van der Waals surface area contributed by atoms with E-state index in [0.717, 1.165) is 22.7 Å². The fourth-order valence-electron chi connectivity index (χ4n) is 2.52. The van der Waals surface area contributed by atoms with Gasteiger partial charge in [-0.3, -0.25) is 5.43 Å². The van der Waals surface area contributed by atoms with Crippen molar-refractivity contribution < 1.29 is 4.74 Å². The summed E-state index contributed by atoms with van der Waals surface area (Å²) in [5.74, 6) is 2.03. The van der Waals surface area contributed by atoms with Gasteiger partial charge < -0.3 is 10.1 Å². The van der Waals surface area contributed by atoms with E-state index in [-0.39, 0.29) is 0 Å². The van der Waals surface area contributed by atoms with E-state index in [9.17, 15) is 0 Å². The summed E-state index contributed by atoms with van der Waals surface area (Å²) >= 11 is 0. The van der Waals surface area contributed by atoms with Crippen molar-refractivity contribution in [3.8, 4) is 5.75 Å². The fraction of sp³-hybridized carbons (Fsp3) is 0.190. The highest BCUT2D eigenvalue weighted by Gasteiger charge is 2.03. The number of benzene rings is 2. The normalized spacial score (nSPS) is 11.1. The first-order chi connectivity index (χ1) is 13.1. The van der Waals surface area contributed by atoms with Gasteiger partial charge in [0.2, 0.25) is 5.95 Å². The molecule has 6 nitrogen and oxygen atoms in total. The van der Waals surface area contributed by atoms with Crippen molar-refractivity contribution in [2.45, 2.75) is 20.4 Å². The number of methoxy groups -OCH3 is 1. The number of rotatable bonds is 7. The van der Waals surface area contributed by atoms with Crippen LogP contribution < -0.4 is 15.5 Å². The van der Waals surface area contributed by atoms with E-state index < -0.39 is 0 Å². The van der Waals surface area contributed by atoms with Gasteiger partial charge in [-0.1, -0.05) is 30.3 Å². The highest BCUT2D eigenvalue weighted by Crippen LogP contribution is 2.14. The third-order valence-corrected chi connectivity index (χ3v) is 3.99. The van der Waals surface area contributed by atoms with Crippen LogP contribution in [0.25, 0.3) is 0 Å². The van der Waals surface area contributed by atoms with E-state index in [4.69, 9.17) is 4.74 Å². The second-order valence-electron chi connectivity index (χ2n) is 6.09. The average Bonchev–Trinajstić information content (AvgIpc) is 2.71. The lowest BCUT2D eigenvalue weighted by molar-refractivity contribution is 0.415. The number of aromatic nitrogens is 2. The van der Waals surface area contributed by atoms with E-state index in [2.05, 4.69) is 37.9 Å². The van der Waals surface area contributed by atoms with Crippen molar-refractivity contribution in [1.82, 2.24) is 9.97 Å². The third kappa shape index (κ3) is 5.28. The minimum atomic E-state index is 0.568. The van der Waals surface area contributed by atoms with Crippen molar-refractivity contribution in [1.29, 1.82) is 0 Å². The number of ether oxygens (including phenoxy) is 1. The number of hydrogen-bond acceptors (Lipinski definition) is 6. The number of nitrogens with zero attached hydrogens (tertiary/aromatic N) is 3. The van der Waals surface area contributed by atoms with Crippen molar-refractivity contribution in [2.75, 3.05) is 17.9 Å². The molecule has 0 amide bonds. The first-order valence-corrected chi connectivity index (χ1v) is 8.72. The molecular formula is C21H23N5O. The molecular weight excluding hydrogens is 338 g/mol. The Balaban J connectivity index is 1.67. The quantitative estimate of drug-likeness (QED) is 0.486. The van der Waals surface area contributed by atoms with Gasteiger partial charge in [0.1, 0.15) is 5.75 Å². The average molecular weight is 361 g/mol. The van der Waals surface area contributed by atoms with Crippen LogP contribution in [0.4, 0.5) is 11.8 Å². The van der Waals surface area contributed by atoms with Crippen LogP contribution in [0.1, 0.15) is 23.7 Å². The van der Waals surface area contributed by atoms with Gasteiger partial charge in [-0.05, 0) is 49.2 Å². The van der Waals surface area contributed by atoms with Gasteiger partial charge in [0.25, 0.3) is 0 Å². The Bertz CT molecular complexity index is 908. The summed E-state index contributed by atoms with van der Waals surface area (Å²) in [6.07, 6.45) is 0. The second-order valence-corrected chi connectivity index (χ2v) is 6.09. The smallest absolute Gasteiger partial charge is 0.225 e. The van der Waals surface area contributed by atoms with Crippen molar-refractivity contribution in [3.63, 3.8) is 0 Å². The highest BCUT2D eigenvalue weighted by molar-refractivity contribution is 5.99. The predicted octanol–water partition coefficient (Wildman–Crippen LogP) is 4.24. The second kappa shape index (κ2) is 8.80. The summed E-state index contributed by atoms with van der Waals surface area (Å²) in [6, 6.07) is 19.8. The Kier molecular flexibility index (Phi) is 5.99. The fourth-order valence-corrected chi connectivity index (χ4v) is 2.52. The van der Waals surface area contributed by atoms with Crippen LogP contribution in [0.3, 0.4) is 0 Å². The maximum Gasteiger partial charge on any atom is 0.225 e. The number of hydrazone groups is 1. The summed E-state index contributed by atoms with van der Waals surface area (Å²) in [4.78, 5) is 8.91. The van der Waals surface area contributed by atoms with Gasteiger partial charge in [0.15, 0.2) is 5.82 Å². The van der Waals surface area contributed by atoms with Crippen LogP contribution in [0.5, 0.6) is 5.75 Å². The Morgan fingerprint density at radius 3 is 2.48 bits per heavy atom. The number of anilines is 2. The van der Waals surface area contributed by atoms with Crippen molar-refractivity contribution in [3.05, 3.63) is 77.5 Å². The number of hydrogen-bond donors (Lipinski definition) is 2. The largest absolute Gasteiger partial charge is 0.497 e. The maximum atomic E-state index is 5.18. The molecule has 6 heteroatoms. The lowest BCUT2D eigenvalue weighted by atomic mass is 10.1. The molecule has 0 unspecified atom stereocenters. The molecule has 1 aromatic heterocycles. The molecule has 0 saturated heterocycles. The standard InChI is InChI=1S/C21H23N5O/c1-15-13-20(24-21(23-15)22-14-17-7-5-4-6-8-17)26-25-16(2)18-9-11-19(27-3)12-10-18/h4-13H,14H2,1-3H3,(H2,22,23,24,26)/b25-16+. The Morgan fingerprint density at radius 2 is 1.78 bits per heavy atom. The lowest BCUT2D eigenvalue weighted by Gasteiger charge is -2.09. The van der Waals surface area contributed by atoms with Crippen LogP contribution in [0.2, 0.25) is 0 Å². The molecule has 0 aliphatic rings. The van der Waals surface area contributed by atoms with E-state index in [0.29, 0.717) is 18.3 Å². The topological polar surface area (TPSA) is 71.4 Å². The Labute approximate surface area is 159 Å². The number of aryl methyl sites for hydroxylation is 1. The number of nitrogens with one attached hydrogen (secondary N) is 2. The maximum absolute atomic E-state index is 5.18. The van der Waals surface area contributed by atoms with Crippen LogP contribution in [-0.4, -0.2) is 22.8 Å². The van der Waals surface area contributed by atoms with Crippen LogP contribution in [0, 0.1) is 6.92 Å². The Morgan fingerprint density at radius 1 is 1.04 bits per heavy atom. The van der Waals surface area contributed by atoms with Gasteiger partial charge in [-0.25, -0.2) is 4.98 Å². The summed E-state index contributed by atoms with van der Waals surface area (Å²) in [7, 11) is 1.65. The molecule has 0 aliphatic heterocycles. The van der Waals surface area contributed by atoms with Crippen molar-refractivity contribution in [2.24, 2.45) is 5.10 Å². The first-order valence-electron chi connectivity index (χ1n) is 8.72. The van der Waals surface area contributed by atoms with Crippen LogP contribution in [0.15, 0.2) is 65.8 Å². The third-order valence-electron chi connectivity index (χ3n) is 3.99. The van der Waals surface area contributed by atoms with Crippen molar-refractivity contribution >= 4 is 17.5 Å². The summed E-state index contributed by atoms with van der Waals surface area (Å²) in [6.45, 7) is 4.54. The predicted molar refractivity (Wildman–Crippen MR) is 109 cm³/mol. The minimum absolute atomic E-state index is 0.568. The molecule has 3 aromatic rings. The minimum Gasteiger partial charge on any atom is -0.497 e. The summed E-state index contributed by atoms with van der Waals surface area (Å²) < 4.78 is 5.18. The molecule has 0 saturated carbocycles. The monoisotopic (exact) mass is 361 g/mol. The Hall–Kier alpha value is -3.41. The van der Waals surface area contributed by atoms with Gasteiger partial charge in [0, 0.05) is 18.3 Å². The SMILES string of the molecule is COc1ccc(/C(C)=N/Nc2cc(C)nc(NCc3ccccc3)n2)cc1. The zero-order chi connectivity index (χ0) is 19.1. The van der Waals surface area contributed by atoms with E-state index in [1.165, 1.54) is 5.56 Å². The molecule has 1 heterocycles. The summed E-state index contributed by atoms with van der Waals surface area (Å²) in [5, 5.41) is 7.68. The molecule has 0 bridgehead atoms. The molecule has 2 aromatic carbocycles. The lowest BCUT2D eigenvalue weighted by Crippen LogP contribution is -2.07. The zero-order valence-electron chi connectivity index (χ0n) is 15.7. The van der Waals surface area contributed by atoms with E-state index >= 15 is 0 Å². The molecule has 138 valence electrons. The highest BCUT2D eigenvalue weighted by atomic mass is 16.5. The van der Waals surface area contributed by atoms with Gasteiger partial charge in [-0.15, -0.1) is 0 Å². The molecule has 0 radical (unpaired) electrons. The molecule has 0 fully saturated rings. The first kappa shape index (κ1) is 18.4. The molecule has 0 aliphatic carbocycles. The van der Waals surface area contributed by atoms with Crippen LogP contribution in [-0.2, 0) is 6.54 Å². The molecule has 3 rings (SSSR count). The van der Waals surface area contributed by atoms with Gasteiger partial charge >= 0.3 is 0 Å². The molecule has 0 spiro atoms. The van der Waals surface area contributed by atoms with Gasteiger partial charge in [-0.2, -0.15) is 10.1 Å².